The van der Waals surface area contributed by atoms with Gasteiger partial charge in [0.2, 0.25) is 5.43 Å². The molecule has 1 aromatic carbocycles. The zero-order valence-electron chi connectivity index (χ0n) is 8.33. The highest BCUT2D eigenvalue weighted by Crippen LogP contribution is 2.26. The Morgan fingerprint density at radius 2 is 2.13 bits per heavy atom. The van der Waals surface area contributed by atoms with Gasteiger partial charge in [0.05, 0.1) is 12.5 Å². The molecule has 1 aromatic heterocycles. The highest BCUT2D eigenvalue weighted by molar-refractivity contribution is 9.10. The Balaban J connectivity index is 2.91. The fourth-order valence-electron chi connectivity index (χ4n) is 1.40. The van der Waals surface area contributed by atoms with E-state index < -0.39 is 0 Å². The second kappa shape index (κ2) is 3.70. The maximum absolute atomic E-state index is 11.9. The van der Waals surface area contributed by atoms with Crippen LogP contribution >= 0.6 is 15.9 Å². The van der Waals surface area contributed by atoms with Gasteiger partial charge in [-0.25, -0.2) is 0 Å². The van der Waals surface area contributed by atoms with Crippen molar-refractivity contribution >= 4 is 26.9 Å². The summed E-state index contributed by atoms with van der Waals surface area (Å²) >= 11 is 3.15. The molecule has 0 unspecified atom stereocenters. The van der Waals surface area contributed by atoms with Crippen LogP contribution < -0.4 is 10.2 Å². The van der Waals surface area contributed by atoms with E-state index in [4.69, 9.17) is 9.15 Å². The lowest BCUT2D eigenvalue weighted by Crippen LogP contribution is -2.04. The van der Waals surface area contributed by atoms with Crippen LogP contribution in [0.3, 0.4) is 0 Å². The molecule has 0 saturated carbocycles. The van der Waals surface area contributed by atoms with Crippen molar-refractivity contribution in [2.45, 2.75) is 6.92 Å². The minimum absolute atomic E-state index is 0.114. The molecule has 0 saturated heterocycles. The number of hydrogen-bond acceptors (Lipinski definition) is 3. The molecule has 3 nitrogen and oxygen atoms in total. The zero-order valence-corrected chi connectivity index (χ0v) is 9.92. The van der Waals surface area contributed by atoms with Crippen molar-refractivity contribution in [2.24, 2.45) is 0 Å². The van der Waals surface area contributed by atoms with Gasteiger partial charge >= 0.3 is 5.95 Å². The normalized spacial score (nSPS) is 10.6. The third-order valence-corrected chi connectivity index (χ3v) is 2.83. The first kappa shape index (κ1) is 10.2. The van der Waals surface area contributed by atoms with Gasteiger partial charge in [-0.3, -0.25) is 4.79 Å². The molecule has 0 N–H and O–H groups in total. The Kier molecular flexibility index (Phi) is 2.52. The maximum atomic E-state index is 11.9. The van der Waals surface area contributed by atoms with E-state index in [-0.39, 0.29) is 11.4 Å². The number of hydrogen-bond donors (Lipinski definition) is 0. The highest BCUT2D eigenvalue weighted by Gasteiger charge is 2.12. The summed E-state index contributed by atoms with van der Waals surface area (Å²) in [7, 11) is 1.46. The van der Waals surface area contributed by atoms with E-state index >= 15 is 0 Å². The summed E-state index contributed by atoms with van der Waals surface area (Å²) in [5.41, 5.74) is 1.44. The van der Waals surface area contributed by atoms with Gasteiger partial charge in [-0.2, -0.15) is 0 Å². The van der Waals surface area contributed by atoms with Crippen LogP contribution in [0.25, 0.3) is 11.0 Å². The van der Waals surface area contributed by atoms with Gasteiger partial charge in [0.15, 0.2) is 0 Å². The fraction of sp³-hybridized carbons (Fsp3) is 0.182. The molecule has 15 heavy (non-hydrogen) atoms. The molecule has 0 amide bonds. The van der Waals surface area contributed by atoms with Crippen LogP contribution in [-0.4, -0.2) is 7.11 Å². The molecule has 0 aliphatic heterocycles. The number of aryl methyl sites for hydroxylation is 1. The topological polar surface area (TPSA) is 39.4 Å². The van der Waals surface area contributed by atoms with Crippen LogP contribution in [0, 0.1) is 6.92 Å². The van der Waals surface area contributed by atoms with Crippen LogP contribution in [-0.2, 0) is 0 Å². The summed E-state index contributed by atoms with van der Waals surface area (Å²) in [6, 6.07) is 5.45. The second-order valence-electron chi connectivity index (χ2n) is 3.24. The van der Waals surface area contributed by atoms with Crippen molar-refractivity contribution in [3.8, 4) is 5.95 Å². The third kappa shape index (κ3) is 1.65. The molecule has 0 bridgehead atoms. The first-order valence-electron chi connectivity index (χ1n) is 4.40. The number of halogens is 1. The van der Waals surface area contributed by atoms with Crippen molar-refractivity contribution in [3.05, 3.63) is 38.5 Å². The van der Waals surface area contributed by atoms with E-state index in [1.165, 1.54) is 7.11 Å². The van der Waals surface area contributed by atoms with Crippen molar-refractivity contribution in [3.63, 3.8) is 0 Å². The molecule has 0 fully saturated rings. The standard InChI is InChI=1S/C11H9BrO3/c1-6-3-4-8-7(5-6)10(13)9(12)11(14-2)15-8/h3-5H,1-2H3. The van der Waals surface area contributed by atoms with E-state index in [2.05, 4.69) is 15.9 Å². The van der Waals surface area contributed by atoms with E-state index in [1.807, 2.05) is 13.0 Å². The van der Waals surface area contributed by atoms with E-state index in [0.717, 1.165) is 5.56 Å². The van der Waals surface area contributed by atoms with E-state index in [9.17, 15) is 4.79 Å². The van der Waals surface area contributed by atoms with Crippen LogP contribution in [0.15, 0.2) is 31.9 Å². The summed E-state index contributed by atoms with van der Waals surface area (Å²) in [5.74, 6) is 0.205. The number of fused-ring (bicyclic) bond motifs is 1. The monoisotopic (exact) mass is 268 g/mol. The van der Waals surface area contributed by atoms with Crippen molar-refractivity contribution in [2.75, 3.05) is 7.11 Å². The molecule has 2 aromatic rings. The van der Waals surface area contributed by atoms with Gasteiger partial charge in [0, 0.05) is 0 Å². The fourth-order valence-corrected chi connectivity index (χ4v) is 1.85. The quantitative estimate of drug-likeness (QED) is 0.799. The molecule has 78 valence electrons. The molecule has 0 aliphatic carbocycles. The SMILES string of the molecule is COc1oc2ccc(C)cc2c(=O)c1Br. The molecule has 1 heterocycles. The second-order valence-corrected chi connectivity index (χ2v) is 4.03. The van der Waals surface area contributed by atoms with E-state index in [1.54, 1.807) is 12.1 Å². The predicted molar refractivity (Wildman–Crippen MR) is 61.5 cm³/mol. The Morgan fingerprint density at radius 1 is 1.40 bits per heavy atom. The van der Waals surface area contributed by atoms with Crippen LogP contribution in [0.1, 0.15) is 5.56 Å². The molecule has 0 aliphatic rings. The lowest BCUT2D eigenvalue weighted by molar-refractivity contribution is 0.306. The number of methoxy groups -OCH3 is 1. The largest absolute Gasteiger partial charge is 0.468 e. The summed E-state index contributed by atoms with van der Waals surface area (Å²) in [6.07, 6.45) is 0. The van der Waals surface area contributed by atoms with Gasteiger partial charge in [0.1, 0.15) is 10.1 Å². The molecular formula is C11H9BrO3. The summed E-state index contributed by atoms with van der Waals surface area (Å²) < 4.78 is 10.7. The number of rotatable bonds is 1. The highest BCUT2D eigenvalue weighted by atomic mass is 79.9. The summed E-state index contributed by atoms with van der Waals surface area (Å²) in [5, 5.41) is 0.558. The van der Waals surface area contributed by atoms with E-state index in [0.29, 0.717) is 15.4 Å². The predicted octanol–water partition coefficient (Wildman–Crippen LogP) is 2.87. The first-order valence-corrected chi connectivity index (χ1v) is 5.19. The summed E-state index contributed by atoms with van der Waals surface area (Å²) in [4.78, 5) is 11.9. The lowest BCUT2D eigenvalue weighted by Gasteiger charge is -2.04. The molecular weight excluding hydrogens is 260 g/mol. The van der Waals surface area contributed by atoms with Gasteiger partial charge < -0.3 is 9.15 Å². The Labute approximate surface area is 94.8 Å². The van der Waals surface area contributed by atoms with Crippen LogP contribution in [0.2, 0.25) is 0 Å². The van der Waals surface area contributed by atoms with Crippen molar-refractivity contribution < 1.29 is 9.15 Å². The van der Waals surface area contributed by atoms with Crippen LogP contribution in [0.4, 0.5) is 0 Å². The molecule has 0 atom stereocenters. The Morgan fingerprint density at radius 3 is 2.80 bits per heavy atom. The van der Waals surface area contributed by atoms with Crippen molar-refractivity contribution in [1.82, 2.24) is 0 Å². The molecule has 0 spiro atoms. The molecule has 4 heteroatoms. The smallest absolute Gasteiger partial charge is 0.303 e. The number of benzene rings is 1. The first-order chi connectivity index (χ1) is 7.13. The Bertz CT molecular complexity index is 572. The average Bonchev–Trinajstić information content (AvgIpc) is 2.24. The number of ether oxygens (including phenoxy) is 1. The third-order valence-electron chi connectivity index (χ3n) is 2.15. The minimum Gasteiger partial charge on any atom is -0.468 e. The molecule has 0 radical (unpaired) electrons. The molecule has 2 rings (SSSR count). The van der Waals surface area contributed by atoms with Gasteiger partial charge in [-0.05, 0) is 35.0 Å². The van der Waals surface area contributed by atoms with Crippen molar-refractivity contribution in [1.29, 1.82) is 0 Å². The minimum atomic E-state index is -0.114. The Hall–Kier alpha value is -1.29. The van der Waals surface area contributed by atoms with Gasteiger partial charge in [-0.15, -0.1) is 0 Å². The van der Waals surface area contributed by atoms with Gasteiger partial charge in [-0.1, -0.05) is 11.6 Å². The zero-order chi connectivity index (χ0) is 11.0. The van der Waals surface area contributed by atoms with Crippen LogP contribution in [0.5, 0.6) is 5.95 Å². The average molecular weight is 269 g/mol. The maximum Gasteiger partial charge on any atom is 0.303 e. The van der Waals surface area contributed by atoms with Gasteiger partial charge in [0.25, 0.3) is 0 Å². The lowest BCUT2D eigenvalue weighted by atomic mass is 10.1. The summed E-state index contributed by atoms with van der Waals surface area (Å²) in [6.45, 7) is 1.93.